The van der Waals surface area contributed by atoms with Crippen LogP contribution in [0.3, 0.4) is 0 Å². The second-order valence-corrected chi connectivity index (χ2v) is 6.53. The molecule has 0 amide bonds. The minimum atomic E-state index is -0.918. The Morgan fingerprint density at radius 1 is 1.00 bits per heavy atom. The Bertz CT molecular complexity index is 783. The predicted octanol–water partition coefficient (Wildman–Crippen LogP) is 5.22. The van der Waals surface area contributed by atoms with Gasteiger partial charge in [0.05, 0.1) is 12.5 Å². The van der Waals surface area contributed by atoms with Crippen molar-refractivity contribution in [1.29, 1.82) is 0 Å². The van der Waals surface area contributed by atoms with Crippen LogP contribution in [0.15, 0.2) is 48.5 Å². The maximum atomic E-state index is 12.4. The maximum Gasteiger partial charge on any atom is 0.306 e. The fourth-order valence-electron chi connectivity index (χ4n) is 2.76. The highest BCUT2D eigenvalue weighted by molar-refractivity contribution is 5.98. The molecule has 0 saturated carbocycles. The monoisotopic (exact) mass is 335 g/mol. The number of benzene rings is 2. The summed E-state index contributed by atoms with van der Waals surface area (Å²) in [4.78, 5) is 27.1. The van der Waals surface area contributed by atoms with E-state index in [9.17, 15) is 14.7 Å². The zero-order valence-electron chi connectivity index (χ0n) is 14.4. The van der Waals surface area contributed by atoms with E-state index in [4.69, 9.17) is 6.57 Å². The summed E-state index contributed by atoms with van der Waals surface area (Å²) in [5.74, 6) is -1.48. The van der Waals surface area contributed by atoms with Crippen LogP contribution >= 0.6 is 0 Å². The van der Waals surface area contributed by atoms with Crippen LogP contribution in [0.25, 0.3) is 16.0 Å². The van der Waals surface area contributed by atoms with Crippen molar-refractivity contribution in [3.8, 4) is 11.1 Å². The summed E-state index contributed by atoms with van der Waals surface area (Å²) < 4.78 is 0. The largest absolute Gasteiger partial charge is 0.481 e. The fraction of sp³-hybridized carbons (Fsp3) is 0.286. The first kappa shape index (κ1) is 18.4. The van der Waals surface area contributed by atoms with Crippen molar-refractivity contribution in [2.45, 2.75) is 26.7 Å². The molecular formula is C21H21NO3. The van der Waals surface area contributed by atoms with Gasteiger partial charge in [0.2, 0.25) is 0 Å². The lowest BCUT2D eigenvalue weighted by Crippen LogP contribution is -2.20. The first-order valence-electron chi connectivity index (χ1n) is 8.24. The van der Waals surface area contributed by atoms with Gasteiger partial charge >= 0.3 is 5.97 Å². The van der Waals surface area contributed by atoms with Crippen molar-refractivity contribution >= 4 is 17.4 Å². The van der Waals surface area contributed by atoms with Crippen LogP contribution in [-0.2, 0) is 4.79 Å². The van der Waals surface area contributed by atoms with Crippen LogP contribution in [0.4, 0.5) is 5.69 Å². The van der Waals surface area contributed by atoms with Gasteiger partial charge in [-0.1, -0.05) is 62.4 Å². The molecular weight excluding hydrogens is 314 g/mol. The quantitative estimate of drug-likeness (QED) is 0.557. The topological polar surface area (TPSA) is 58.7 Å². The van der Waals surface area contributed by atoms with E-state index in [2.05, 4.69) is 4.85 Å². The Kier molecular flexibility index (Phi) is 6.08. The number of rotatable bonds is 7. The maximum absolute atomic E-state index is 12.4. The first-order valence-corrected chi connectivity index (χ1v) is 8.24. The third-order valence-electron chi connectivity index (χ3n) is 4.07. The molecule has 1 unspecified atom stereocenters. The highest BCUT2D eigenvalue weighted by Gasteiger charge is 2.23. The molecule has 2 aromatic carbocycles. The van der Waals surface area contributed by atoms with Crippen LogP contribution in [0.2, 0.25) is 0 Å². The minimum Gasteiger partial charge on any atom is -0.481 e. The Morgan fingerprint density at radius 2 is 1.52 bits per heavy atom. The number of hydrogen-bond donors (Lipinski definition) is 1. The molecule has 2 rings (SSSR count). The van der Waals surface area contributed by atoms with Crippen LogP contribution in [0, 0.1) is 18.4 Å². The number of aliphatic carboxylic acids is 1. The van der Waals surface area contributed by atoms with Crippen molar-refractivity contribution in [3.05, 3.63) is 65.5 Å². The van der Waals surface area contributed by atoms with Crippen molar-refractivity contribution in [2.75, 3.05) is 0 Å². The number of carbonyl (C=O) groups excluding carboxylic acids is 1. The lowest BCUT2D eigenvalue weighted by atomic mass is 9.90. The van der Waals surface area contributed by atoms with Gasteiger partial charge in [0.25, 0.3) is 0 Å². The summed E-state index contributed by atoms with van der Waals surface area (Å²) in [5.41, 5.74) is 3.02. The van der Waals surface area contributed by atoms with Crippen LogP contribution in [0.1, 0.15) is 37.0 Å². The summed E-state index contributed by atoms with van der Waals surface area (Å²) in [5, 5.41) is 9.28. The van der Waals surface area contributed by atoms with Crippen LogP contribution in [-0.4, -0.2) is 16.9 Å². The lowest BCUT2D eigenvalue weighted by molar-refractivity contribution is -0.142. The predicted molar refractivity (Wildman–Crippen MR) is 97.7 cm³/mol. The Hall–Kier alpha value is -2.93. The van der Waals surface area contributed by atoms with Gasteiger partial charge in [-0.05, 0) is 23.5 Å². The van der Waals surface area contributed by atoms with E-state index in [0.29, 0.717) is 17.7 Å². The number of ketones is 1. The minimum absolute atomic E-state index is 0.0204. The van der Waals surface area contributed by atoms with Gasteiger partial charge in [-0.25, -0.2) is 4.85 Å². The van der Waals surface area contributed by atoms with Gasteiger partial charge in [-0.15, -0.1) is 0 Å². The molecule has 1 N–H and O–H groups in total. The van der Waals surface area contributed by atoms with Gasteiger partial charge in [0.1, 0.15) is 0 Å². The van der Waals surface area contributed by atoms with Gasteiger partial charge < -0.3 is 5.11 Å². The first-order chi connectivity index (χ1) is 11.9. The molecule has 4 heteroatoms. The van der Waals surface area contributed by atoms with E-state index in [1.165, 1.54) is 0 Å². The molecule has 0 saturated heterocycles. The lowest BCUT2D eigenvalue weighted by Gasteiger charge is -2.14. The molecule has 25 heavy (non-hydrogen) atoms. The van der Waals surface area contributed by atoms with E-state index in [1.54, 1.807) is 24.3 Å². The second kappa shape index (κ2) is 8.25. The summed E-state index contributed by atoms with van der Waals surface area (Å²) in [6, 6.07) is 14.4. The summed E-state index contributed by atoms with van der Waals surface area (Å²) in [6.07, 6.45) is 0.513. The van der Waals surface area contributed by atoms with E-state index < -0.39 is 11.9 Å². The zero-order chi connectivity index (χ0) is 18.4. The average molecular weight is 335 g/mol. The van der Waals surface area contributed by atoms with Gasteiger partial charge in [0.15, 0.2) is 11.5 Å². The van der Waals surface area contributed by atoms with E-state index in [-0.39, 0.29) is 18.1 Å². The smallest absolute Gasteiger partial charge is 0.306 e. The fourth-order valence-corrected chi connectivity index (χ4v) is 2.76. The third-order valence-corrected chi connectivity index (χ3v) is 4.07. The Labute approximate surface area is 147 Å². The van der Waals surface area contributed by atoms with E-state index in [0.717, 1.165) is 11.1 Å². The molecule has 0 fully saturated rings. The normalized spacial score (nSPS) is 11.8. The van der Waals surface area contributed by atoms with Crippen molar-refractivity contribution in [1.82, 2.24) is 0 Å². The molecule has 4 nitrogen and oxygen atoms in total. The molecule has 0 bridgehead atoms. The third kappa shape index (κ3) is 5.02. The Morgan fingerprint density at radius 3 is 1.96 bits per heavy atom. The number of nitrogens with zero attached hydrogens (tertiary/aromatic N) is 1. The van der Waals surface area contributed by atoms with Crippen molar-refractivity contribution < 1.29 is 14.7 Å². The number of carboxylic acid groups (broad SMARTS) is 1. The molecule has 128 valence electrons. The SMILES string of the molecule is [C-]#[N+]c1ccc(-c2ccc(C(=O)CC(CC(C)C)C(=O)O)cc2)cc1. The van der Waals surface area contributed by atoms with E-state index >= 15 is 0 Å². The zero-order valence-corrected chi connectivity index (χ0v) is 14.4. The number of carbonyl (C=O) groups is 2. The van der Waals surface area contributed by atoms with Crippen molar-refractivity contribution in [2.24, 2.45) is 11.8 Å². The van der Waals surface area contributed by atoms with Gasteiger partial charge in [-0.3, -0.25) is 9.59 Å². The molecule has 2 aromatic rings. The summed E-state index contributed by atoms with van der Waals surface area (Å²) in [7, 11) is 0. The second-order valence-electron chi connectivity index (χ2n) is 6.53. The van der Waals surface area contributed by atoms with Crippen molar-refractivity contribution in [3.63, 3.8) is 0 Å². The number of carboxylic acids is 1. The summed E-state index contributed by atoms with van der Waals surface area (Å²) >= 11 is 0. The van der Waals surface area contributed by atoms with Crippen LogP contribution in [0.5, 0.6) is 0 Å². The van der Waals surface area contributed by atoms with Gasteiger partial charge in [0, 0.05) is 12.0 Å². The summed E-state index contributed by atoms with van der Waals surface area (Å²) in [6.45, 7) is 10.9. The standard InChI is InChI=1S/C21H21NO3/c1-14(2)12-18(21(24)25)13-20(23)17-6-4-15(5-7-17)16-8-10-19(22-3)11-9-16/h4-11,14,18H,12-13H2,1-2H3,(H,24,25). The highest BCUT2D eigenvalue weighted by Crippen LogP contribution is 2.24. The van der Waals surface area contributed by atoms with Crippen LogP contribution < -0.4 is 0 Å². The molecule has 0 radical (unpaired) electrons. The molecule has 0 heterocycles. The highest BCUT2D eigenvalue weighted by atomic mass is 16.4. The molecule has 1 atom stereocenters. The molecule has 0 spiro atoms. The molecule has 0 aliphatic rings. The molecule has 0 aliphatic heterocycles. The number of Topliss-reactive ketones (excluding diaryl/α,β-unsaturated/α-hetero) is 1. The molecule has 0 aromatic heterocycles. The van der Waals surface area contributed by atoms with Gasteiger partial charge in [-0.2, -0.15) is 0 Å². The number of hydrogen-bond acceptors (Lipinski definition) is 2. The van der Waals surface area contributed by atoms with E-state index in [1.807, 2.05) is 38.1 Å². The molecule has 0 aliphatic carbocycles. The Balaban J connectivity index is 2.11. The average Bonchev–Trinajstić information content (AvgIpc) is 2.61.